The van der Waals surface area contributed by atoms with Gasteiger partial charge in [-0.05, 0) is 61.0 Å². The highest BCUT2D eigenvalue weighted by Crippen LogP contribution is 2.38. The summed E-state index contributed by atoms with van der Waals surface area (Å²) in [4.78, 5) is 12.8. The number of anilines is 2. The van der Waals surface area contributed by atoms with Crippen molar-refractivity contribution in [2.75, 3.05) is 31.4 Å². The first kappa shape index (κ1) is 23.0. The fourth-order valence-electron chi connectivity index (χ4n) is 3.06. The Bertz CT molecular complexity index is 1200. The van der Waals surface area contributed by atoms with Crippen molar-refractivity contribution in [3.8, 4) is 17.2 Å². The van der Waals surface area contributed by atoms with Gasteiger partial charge in [0.1, 0.15) is 0 Å². The zero-order valence-electron chi connectivity index (χ0n) is 18.1. The normalized spacial score (nSPS) is 10.9. The van der Waals surface area contributed by atoms with Gasteiger partial charge in [0.05, 0.1) is 26.2 Å². The molecule has 3 aromatic rings. The van der Waals surface area contributed by atoms with E-state index in [-0.39, 0.29) is 10.5 Å². The largest absolute Gasteiger partial charge is 0.493 e. The molecule has 0 aliphatic rings. The molecule has 3 aromatic carbocycles. The molecule has 32 heavy (non-hydrogen) atoms. The monoisotopic (exact) mass is 456 g/mol. The second kappa shape index (κ2) is 9.61. The maximum atomic E-state index is 12.7. The van der Waals surface area contributed by atoms with Gasteiger partial charge in [0.25, 0.3) is 15.9 Å². The molecule has 0 radical (unpaired) electrons. The predicted molar refractivity (Wildman–Crippen MR) is 122 cm³/mol. The van der Waals surface area contributed by atoms with E-state index in [9.17, 15) is 13.2 Å². The molecule has 2 N–H and O–H groups in total. The van der Waals surface area contributed by atoms with Crippen molar-refractivity contribution in [3.05, 3.63) is 71.8 Å². The van der Waals surface area contributed by atoms with Gasteiger partial charge in [-0.3, -0.25) is 9.52 Å². The Hall–Kier alpha value is -3.72. The average molecular weight is 457 g/mol. The second-order valence-electron chi connectivity index (χ2n) is 6.87. The third-order valence-corrected chi connectivity index (χ3v) is 6.02. The van der Waals surface area contributed by atoms with E-state index < -0.39 is 15.9 Å². The summed E-state index contributed by atoms with van der Waals surface area (Å²) in [6.07, 6.45) is 0. The summed E-state index contributed by atoms with van der Waals surface area (Å²) in [5, 5.41) is 2.73. The molecular formula is C23H24N2O6S. The maximum absolute atomic E-state index is 12.7. The Morgan fingerprint density at radius 2 is 1.44 bits per heavy atom. The first-order chi connectivity index (χ1) is 15.3. The SMILES string of the molecule is COc1cc(C(=O)Nc2ccc(S(=O)(=O)Nc3cccc(C)c3)cc2)cc(OC)c1OC. The van der Waals surface area contributed by atoms with Gasteiger partial charge < -0.3 is 19.5 Å². The number of nitrogens with one attached hydrogen (secondary N) is 2. The third kappa shape index (κ3) is 5.12. The van der Waals surface area contributed by atoms with E-state index in [0.717, 1.165) is 5.56 Å². The van der Waals surface area contributed by atoms with Gasteiger partial charge in [0.2, 0.25) is 5.75 Å². The Kier molecular flexibility index (Phi) is 6.89. The van der Waals surface area contributed by atoms with Crippen LogP contribution in [0.5, 0.6) is 17.2 Å². The summed E-state index contributed by atoms with van der Waals surface area (Å²) >= 11 is 0. The van der Waals surface area contributed by atoms with Gasteiger partial charge in [0.15, 0.2) is 11.5 Å². The second-order valence-corrected chi connectivity index (χ2v) is 8.55. The average Bonchev–Trinajstić information content (AvgIpc) is 2.78. The van der Waals surface area contributed by atoms with E-state index in [1.54, 1.807) is 18.2 Å². The first-order valence-electron chi connectivity index (χ1n) is 9.58. The lowest BCUT2D eigenvalue weighted by Crippen LogP contribution is -2.14. The van der Waals surface area contributed by atoms with E-state index in [0.29, 0.717) is 28.6 Å². The molecule has 0 aliphatic carbocycles. The van der Waals surface area contributed by atoms with Crippen molar-refractivity contribution in [1.29, 1.82) is 0 Å². The molecule has 0 saturated heterocycles. The highest BCUT2D eigenvalue weighted by molar-refractivity contribution is 7.92. The van der Waals surface area contributed by atoms with Crippen LogP contribution >= 0.6 is 0 Å². The van der Waals surface area contributed by atoms with Crippen molar-refractivity contribution in [1.82, 2.24) is 0 Å². The lowest BCUT2D eigenvalue weighted by atomic mass is 10.1. The molecule has 168 valence electrons. The molecule has 0 spiro atoms. The Morgan fingerprint density at radius 1 is 0.812 bits per heavy atom. The number of rotatable bonds is 8. The molecule has 1 amide bonds. The van der Waals surface area contributed by atoms with E-state index >= 15 is 0 Å². The van der Waals surface area contributed by atoms with Crippen molar-refractivity contribution in [2.45, 2.75) is 11.8 Å². The number of aryl methyl sites for hydroxylation is 1. The molecule has 0 aromatic heterocycles. The fraction of sp³-hybridized carbons (Fsp3) is 0.174. The smallest absolute Gasteiger partial charge is 0.261 e. The van der Waals surface area contributed by atoms with Gasteiger partial charge in [-0.25, -0.2) is 8.42 Å². The minimum absolute atomic E-state index is 0.0739. The van der Waals surface area contributed by atoms with Crippen LogP contribution in [0.3, 0.4) is 0 Å². The van der Waals surface area contributed by atoms with Gasteiger partial charge in [-0.2, -0.15) is 0 Å². The van der Waals surface area contributed by atoms with Gasteiger partial charge in [-0.15, -0.1) is 0 Å². The summed E-state index contributed by atoms with van der Waals surface area (Å²) < 4.78 is 43.6. The number of methoxy groups -OCH3 is 3. The zero-order valence-corrected chi connectivity index (χ0v) is 18.9. The number of amides is 1. The van der Waals surface area contributed by atoms with Crippen molar-refractivity contribution < 1.29 is 27.4 Å². The molecule has 8 nitrogen and oxygen atoms in total. The minimum Gasteiger partial charge on any atom is -0.493 e. The van der Waals surface area contributed by atoms with Crippen LogP contribution in [0.2, 0.25) is 0 Å². The summed E-state index contributed by atoms with van der Waals surface area (Å²) in [5.74, 6) is 0.654. The third-order valence-electron chi connectivity index (χ3n) is 4.62. The van der Waals surface area contributed by atoms with Crippen LogP contribution in [0, 0.1) is 6.92 Å². The Balaban J connectivity index is 1.77. The predicted octanol–water partition coefficient (Wildman–Crippen LogP) is 4.07. The molecule has 3 rings (SSSR count). The number of ether oxygens (including phenoxy) is 3. The lowest BCUT2D eigenvalue weighted by molar-refractivity contribution is 0.102. The highest BCUT2D eigenvalue weighted by atomic mass is 32.2. The molecule has 0 bridgehead atoms. The van der Waals surface area contributed by atoms with E-state index in [1.165, 1.54) is 57.7 Å². The topological polar surface area (TPSA) is 103 Å². The summed E-state index contributed by atoms with van der Waals surface area (Å²) in [6.45, 7) is 1.88. The number of sulfonamides is 1. The van der Waals surface area contributed by atoms with E-state index in [2.05, 4.69) is 10.0 Å². The van der Waals surface area contributed by atoms with Gasteiger partial charge in [-0.1, -0.05) is 12.1 Å². The van der Waals surface area contributed by atoms with Crippen LogP contribution in [0.25, 0.3) is 0 Å². The molecular weight excluding hydrogens is 432 g/mol. The molecule has 0 aliphatic heterocycles. The molecule has 0 atom stereocenters. The quantitative estimate of drug-likeness (QED) is 0.530. The van der Waals surface area contributed by atoms with Crippen LogP contribution < -0.4 is 24.2 Å². The van der Waals surface area contributed by atoms with Gasteiger partial charge >= 0.3 is 0 Å². The summed E-state index contributed by atoms with van der Waals surface area (Å²) in [5.41, 5.74) is 2.13. The van der Waals surface area contributed by atoms with Crippen LogP contribution in [0.4, 0.5) is 11.4 Å². The summed E-state index contributed by atoms with van der Waals surface area (Å²) in [6, 6.07) is 16.0. The van der Waals surface area contributed by atoms with E-state index in [4.69, 9.17) is 14.2 Å². The van der Waals surface area contributed by atoms with Crippen molar-refractivity contribution >= 4 is 27.3 Å². The zero-order chi connectivity index (χ0) is 23.3. The van der Waals surface area contributed by atoms with Crippen LogP contribution in [-0.2, 0) is 10.0 Å². The molecule has 0 heterocycles. The number of benzene rings is 3. The molecule has 9 heteroatoms. The maximum Gasteiger partial charge on any atom is 0.261 e. The van der Waals surface area contributed by atoms with E-state index in [1.807, 2.05) is 13.0 Å². The summed E-state index contributed by atoms with van der Waals surface area (Å²) in [7, 11) is 0.635. The van der Waals surface area contributed by atoms with Crippen LogP contribution in [0.15, 0.2) is 65.6 Å². The van der Waals surface area contributed by atoms with Crippen LogP contribution in [0.1, 0.15) is 15.9 Å². The number of carbonyl (C=O) groups is 1. The minimum atomic E-state index is -3.76. The Labute approximate surface area is 187 Å². The van der Waals surface area contributed by atoms with Crippen LogP contribution in [-0.4, -0.2) is 35.7 Å². The standard InChI is InChI=1S/C23H24N2O6S/c1-15-6-5-7-18(12-15)25-32(27,28)19-10-8-17(9-11-19)24-23(26)16-13-20(29-2)22(31-4)21(14-16)30-3/h5-14,25H,1-4H3,(H,24,26). The fourth-order valence-corrected chi connectivity index (χ4v) is 4.11. The number of hydrogen-bond acceptors (Lipinski definition) is 6. The van der Waals surface area contributed by atoms with Crippen molar-refractivity contribution in [2.24, 2.45) is 0 Å². The first-order valence-corrected chi connectivity index (χ1v) is 11.1. The lowest BCUT2D eigenvalue weighted by Gasteiger charge is -2.14. The molecule has 0 saturated carbocycles. The number of hydrogen-bond donors (Lipinski definition) is 2. The molecule has 0 unspecified atom stereocenters. The van der Waals surface area contributed by atoms with Gasteiger partial charge in [0, 0.05) is 16.9 Å². The van der Waals surface area contributed by atoms with Crippen molar-refractivity contribution in [3.63, 3.8) is 0 Å². The molecule has 0 fully saturated rings. The number of carbonyl (C=O) groups excluding carboxylic acids is 1. The highest BCUT2D eigenvalue weighted by Gasteiger charge is 2.18. The Morgan fingerprint density at radius 3 is 1.97 bits per heavy atom.